The number of imidazole rings is 1. The van der Waals surface area contributed by atoms with Crippen molar-refractivity contribution >= 4 is 22.6 Å². The van der Waals surface area contributed by atoms with Gasteiger partial charge in [0, 0.05) is 31.0 Å². The van der Waals surface area contributed by atoms with Gasteiger partial charge in [-0.05, 0) is 43.2 Å². The van der Waals surface area contributed by atoms with Crippen LogP contribution in [0.5, 0.6) is 0 Å². The number of carbonyl (C=O) groups is 1. The SMILES string of the molecule is CCn1c(CCc2ccc(NC(=O)c3cnccn3)cc2)nc2ccccc21. The predicted octanol–water partition coefficient (Wildman–Crippen LogP) is 3.88. The highest BCUT2D eigenvalue weighted by Crippen LogP contribution is 2.18. The zero-order valence-electron chi connectivity index (χ0n) is 15.7. The van der Waals surface area contributed by atoms with E-state index < -0.39 is 0 Å². The Bertz CT molecular complexity index is 1090. The van der Waals surface area contributed by atoms with Gasteiger partial charge >= 0.3 is 0 Å². The van der Waals surface area contributed by atoms with Crippen LogP contribution >= 0.6 is 0 Å². The molecular formula is C22H21N5O. The number of carbonyl (C=O) groups excluding carboxylic acids is 1. The lowest BCUT2D eigenvalue weighted by atomic mass is 10.1. The molecule has 0 aliphatic heterocycles. The molecule has 0 saturated heterocycles. The summed E-state index contributed by atoms with van der Waals surface area (Å²) in [5.41, 5.74) is 4.46. The fourth-order valence-electron chi connectivity index (χ4n) is 3.29. The van der Waals surface area contributed by atoms with E-state index in [2.05, 4.69) is 38.9 Å². The highest BCUT2D eigenvalue weighted by atomic mass is 16.1. The van der Waals surface area contributed by atoms with Crippen molar-refractivity contribution < 1.29 is 4.79 Å². The number of anilines is 1. The number of fused-ring (bicyclic) bond motifs is 1. The molecule has 0 bridgehead atoms. The molecule has 2 aromatic heterocycles. The Balaban J connectivity index is 1.42. The Morgan fingerprint density at radius 1 is 1.04 bits per heavy atom. The summed E-state index contributed by atoms with van der Waals surface area (Å²) in [5.74, 6) is 0.834. The molecule has 0 radical (unpaired) electrons. The Morgan fingerprint density at radius 3 is 2.61 bits per heavy atom. The molecule has 4 rings (SSSR count). The predicted molar refractivity (Wildman–Crippen MR) is 109 cm³/mol. The van der Waals surface area contributed by atoms with Crippen LogP contribution in [0.25, 0.3) is 11.0 Å². The number of aryl methyl sites for hydroxylation is 3. The van der Waals surface area contributed by atoms with Crippen LogP contribution in [0.1, 0.15) is 28.8 Å². The second kappa shape index (κ2) is 8.00. The molecule has 140 valence electrons. The molecular weight excluding hydrogens is 350 g/mol. The number of hydrogen-bond acceptors (Lipinski definition) is 4. The standard InChI is InChI=1S/C22H21N5O/c1-2-27-20-6-4-3-5-18(20)26-21(27)12-9-16-7-10-17(11-8-16)25-22(28)19-15-23-13-14-24-19/h3-8,10-11,13-15H,2,9,12H2,1H3,(H,25,28). The van der Waals surface area contributed by atoms with Gasteiger partial charge in [0.2, 0.25) is 0 Å². The molecule has 1 N–H and O–H groups in total. The number of para-hydroxylation sites is 2. The van der Waals surface area contributed by atoms with E-state index in [0.29, 0.717) is 5.69 Å². The first-order valence-corrected chi connectivity index (χ1v) is 9.35. The van der Waals surface area contributed by atoms with Gasteiger partial charge in [0.1, 0.15) is 11.5 Å². The number of rotatable bonds is 6. The average Bonchev–Trinajstić information content (AvgIpc) is 3.11. The van der Waals surface area contributed by atoms with Gasteiger partial charge in [0.05, 0.1) is 17.2 Å². The van der Waals surface area contributed by atoms with E-state index in [1.165, 1.54) is 23.5 Å². The zero-order valence-corrected chi connectivity index (χ0v) is 15.7. The fraction of sp³-hybridized carbons (Fsp3) is 0.182. The molecule has 0 spiro atoms. The molecule has 0 aliphatic rings. The van der Waals surface area contributed by atoms with Gasteiger partial charge < -0.3 is 9.88 Å². The summed E-state index contributed by atoms with van der Waals surface area (Å²) in [6.07, 6.45) is 6.25. The first kappa shape index (κ1) is 17.9. The third kappa shape index (κ3) is 3.76. The van der Waals surface area contributed by atoms with Crippen LogP contribution < -0.4 is 5.32 Å². The minimum absolute atomic E-state index is 0.266. The summed E-state index contributed by atoms with van der Waals surface area (Å²) < 4.78 is 2.27. The minimum Gasteiger partial charge on any atom is -0.328 e. The first-order valence-electron chi connectivity index (χ1n) is 9.35. The molecule has 2 aromatic carbocycles. The van der Waals surface area contributed by atoms with Gasteiger partial charge in [0.15, 0.2) is 0 Å². The van der Waals surface area contributed by atoms with Gasteiger partial charge in [-0.3, -0.25) is 9.78 Å². The highest BCUT2D eigenvalue weighted by molar-refractivity contribution is 6.02. The smallest absolute Gasteiger partial charge is 0.275 e. The molecule has 6 nitrogen and oxygen atoms in total. The largest absolute Gasteiger partial charge is 0.328 e. The van der Waals surface area contributed by atoms with Crippen molar-refractivity contribution in [1.29, 1.82) is 0 Å². The summed E-state index contributed by atoms with van der Waals surface area (Å²) in [7, 11) is 0. The van der Waals surface area contributed by atoms with E-state index in [0.717, 1.165) is 36.4 Å². The van der Waals surface area contributed by atoms with Crippen LogP contribution in [-0.2, 0) is 19.4 Å². The molecule has 4 aromatic rings. The quantitative estimate of drug-likeness (QED) is 0.558. The van der Waals surface area contributed by atoms with Crippen LogP contribution in [-0.4, -0.2) is 25.4 Å². The average molecular weight is 371 g/mol. The number of aromatic nitrogens is 4. The van der Waals surface area contributed by atoms with Gasteiger partial charge in [-0.1, -0.05) is 24.3 Å². The summed E-state index contributed by atoms with van der Waals surface area (Å²) in [6, 6.07) is 16.1. The number of nitrogens with one attached hydrogen (secondary N) is 1. The number of benzene rings is 2. The molecule has 2 heterocycles. The van der Waals surface area contributed by atoms with Crippen molar-refractivity contribution in [2.24, 2.45) is 0 Å². The number of nitrogens with zero attached hydrogens (tertiary/aromatic N) is 4. The van der Waals surface area contributed by atoms with E-state index in [9.17, 15) is 4.79 Å². The zero-order chi connectivity index (χ0) is 19.3. The Hall–Kier alpha value is -3.54. The van der Waals surface area contributed by atoms with Gasteiger partial charge in [-0.25, -0.2) is 9.97 Å². The Morgan fingerprint density at radius 2 is 1.86 bits per heavy atom. The van der Waals surface area contributed by atoms with E-state index in [1.54, 1.807) is 6.20 Å². The van der Waals surface area contributed by atoms with Crippen LogP contribution in [0.4, 0.5) is 5.69 Å². The molecule has 0 saturated carbocycles. The van der Waals surface area contributed by atoms with Crippen molar-refractivity contribution in [1.82, 2.24) is 19.5 Å². The first-order chi connectivity index (χ1) is 13.7. The minimum atomic E-state index is -0.266. The van der Waals surface area contributed by atoms with E-state index in [1.807, 2.05) is 36.4 Å². The second-order valence-corrected chi connectivity index (χ2v) is 6.50. The topological polar surface area (TPSA) is 72.7 Å². The molecule has 0 fully saturated rings. The van der Waals surface area contributed by atoms with Gasteiger partial charge in [-0.2, -0.15) is 0 Å². The third-order valence-corrected chi connectivity index (χ3v) is 4.69. The lowest BCUT2D eigenvalue weighted by Crippen LogP contribution is -2.13. The molecule has 1 amide bonds. The van der Waals surface area contributed by atoms with Crippen molar-refractivity contribution in [3.63, 3.8) is 0 Å². The summed E-state index contributed by atoms with van der Waals surface area (Å²) in [6.45, 7) is 3.05. The summed E-state index contributed by atoms with van der Waals surface area (Å²) >= 11 is 0. The van der Waals surface area contributed by atoms with E-state index in [-0.39, 0.29) is 5.91 Å². The molecule has 0 aliphatic carbocycles. The lowest BCUT2D eigenvalue weighted by Gasteiger charge is -2.08. The van der Waals surface area contributed by atoms with Gasteiger partial charge in [0.25, 0.3) is 5.91 Å². The lowest BCUT2D eigenvalue weighted by molar-refractivity contribution is 0.102. The van der Waals surface area contributed by atoms with E-state index >= 15 is 0 Å². The maximum Gasteiger partial charge on any atom is 0.275 e. The van der Waals surface area contributed by atoms with Crippen LogP contribution in [0.2, 0.25) is 0 Å². The Labute approximate surface area is 163 Å². The maximum absolute atomic E-state index is 12.1. The number of amides is 1. The molecule has 0 unspecified atom stereocenters. The monoisotopic (exact) mass is 371 g/mol. The van der Waals surface area contributed by atoms with E-state index in [4.69, 9.17) is 4.98 Å². The highest BCUT2D eigenvalue weighted by Gasteiger charge is 2.10. The second-order valence-electron chi connectivity index (χ2n) is 6.50. The molecule has 0 atom stereocenters. The Kier molecular flexibility index (Phi) is 5.10. The molecule has 28 heavy (non-hydrogen) atoms. The van der Waals surface area contributed by atoms with Crippen LogP contribution in [0, 0.1) is 0 Å². The van der Waals surface area contributed by atoms with Crippen molar-refractivity contribution in [3.05, 3.63) is 84.2 Å². The van der Waals surface area contributed by atoms with Crippen molar-refractivity contribution in [2.75, 3.05) is 5.32 Å². The summed E-state index contributed by atoms with van der Waals surface area (Å²) in [4.78, 5) is 24.8. The maximum atomic E-state index is 12.1. The fourth-order valence-corrected chi connectivity index (χ4v) is 3.29. The number of hydrogen-bond donors (Lipinski definition) is 1. The summed E-state index contributed by atoms with van der Waals surface area (Å²) in [5, 5.41) is 2.84. The third-order valence-electron chi connectivity index (χ3n) is 4.69. The van der Waals surface area contributed by atoms with Gasteiger partial charge in [-0.15, -0.1) is 0 Å². The van der Waals surface area contributed by atoms with Crippen LogP contribution in [0.15, 0.2) is 67.1 Å². The van der Waals surface area contributed by atoms with Crippen LogP contribution in [0.3, 0.4) is 0 Å². The van der Waals surface area contributed by atoms with Crippen molar-refractivity contribution in [3.8, 4) is 0 Å². The van der Waals surface area contributed by atoms with Crippen molar-refractivity contribution in [2.45, 2.75) is 26.3 Å². The normalized spacial score (nSPS) is 10.9. The molecule has 6 heteroatoms.